The molecule has 0 aliphatic carbocycles. The number of nitrogens with two attached hydrogens (primary N) is 1. The van der Waals surface area contributed by atoms with Crippen LogP contribution in [0.25, 0.3) is 11.5 Å². The minimum Gasteiger partial charge on any atom is -0.348 e. The highest BCUT2D eigenvalue weighted by atomic mass is 19.1. The molecule has 3 heterocycles. The number of aromatic amines is 1. The zero-order valence-electron chi connectivity index (χ0n) is 10.3. The van der Waals surface area contributed by atoms with Crippen molar-refractivity contribution in [3.63, 3.8) is 0 Å². The fraction of sp³-hybridized carbons (Fsp3) is 0.167. The first-order chi connectivity index (χ1) is 9.72. The van der Waals surface area contributed by atoms with Gasteiger partial charge in [-0.1, -0.05) is 5.16 Å². The monoisotopic (exact) mass is 274 g/mol. The second kappa shape index (κ2) is 5.17. The van der Waals surface area contributed by atoms with Gasteiger partial charge in [0, 0.05) is 18.3 Å². The van der Waals surface area contributed by atoms with Gasteiger partial charge in [0.25, 0.3) is 0 Å². The Morgan fingerprint density at radius 2 is 2.25 bits per heavy atom. The maximum absolute atomic E-state index is 12.8. The Hall–Kier alpha value is -2.61. The van der Waals surface area contributed by atoms with Crippen molar-refractivity contribution in [3.05, 3.63) is 48.3 Å². The van der Waals surface area contributed by atoms with E-state index in [0.717, 1.165) is 11.9 Å². The van der Waals surface area contributed by atoms with E-state index in [2.05, 4.69) is 25.1 Å². The van der Waals surface area contributed by atoms with Crippen LogP contribution >= 0.6 is 0 Å². The zero-order chi connectivity index (χ0) is 13.9. The van der Waals surface area contributed by atoms with E-state index in [9.17, 15) is 4.39 Å². The van der Waals surface area contributed by atoms with E-state index in [1.54, 1.807) is 12.5 Å². The predicted octanol–water partition coefficient (Wildman–Crippen LogP) is 1.24. The first-order valence-corrected chi connectivity index (χ1v) is 5.91. The number of H-pyrrole nitrogens is 1. The summed E-state index contributed by atoms with van der Waals surface area (Å²) in [7, 11) is 0. The van der Waals surface area contributed by atoms with Crippen molar-refractivity contribution in [3.8, 4) is 11.5 Å². The van der Waals surface area contributed by atoms with Gasteiger partial charge in [0.2, 0.25) is 11.7 Å². The molecule has 0 saturated carbocycles. The van der Waals surface area contributed by atoms with Crippen molar-refractivity contribution in [2.45, 2.75) is 12.5 Å². The number of rotatable bonds is 4. The summed E-state index contributed by atoms with van der Waals surface area (Å²) in [4.78, 5) is 14.9. The summed E-state index contributed by atoms with van der Waals surface area (Å²) in [6.07, 6.45) is 4.84. The molecule has 1 unspecified atom stereocenters. The van der Waals surface area contributed by atoms with E-state index < -0.39 is 11.9 Å². The fourth-order valence-corrected chi connectivity index (χ4v) is 1.72. The molecule has 0 fully saturated rings. The molecule has 0 amide bonds. The van der Waals surface area contributed by atoms with Crippen LogP contribution in [-0.2, 0) is 6.42 Å². The minimum absolute atomic E-state index is 0.278. The van der Waals surface area contributed by atoms with Gasteiger partial charge in [-0.05, 0) is 12.1 Å². The fourth-order valence-electron chi connectivity index (χ4n) is 1.72. The Bertz CT molecular complexity index is 678. The summed E-state index contributed by atoms with van der Waals surface area (Å²) >= 11 is 0. The van der Waals surface area contributed by atoms with Crippen LogP contribution in [0.15, 0.2) is 35.4 Å². The average Bonchev–Trinajstić information content (AvgIpc) is 3.10. The van der Waals surface area contributed by atoms with Gasteiger partial charge in [-0.2, -0.15) is 4.98 Å². The highest BCUT2D eigenvalue weighted by molar-refractivity contribution is 5.47. The van der Waals surface area contributed by atoms with Gasteiger partial charge >= 0.3 is 0 Å². The number of pyridine rings is 1. The molecule has 3 rings (SSSR count). The van der Waals surface area contributed by atoms with E-state index in [0.29, 0.717) is 18.0 Å². The van der Waals surface area contributed by atoms with Gasteiger partial charge in [0.05, 0.1) is 18.6 Å². The number of hydrogen-bond donors (Lipinski definition) is 2. The van der Waals surface area contributed by atoms with Crippen LogP contribution in [0.3, 0.4) is 0 Å². The maximum atomic E-state index is 12.8. The zero-order valence-corrected chi connectivity index (χ0v) is 10.3. The third-order valence-electron chi connectivity index (χ3n) is 2.71. The normalized spacial score (nSPS) is 12.5. The molecule has 102 valence electrons. The van der Waals surface area contributed by atoms with E-state index in [4.69, 9.17) is 10.3 Å². The highest BCUT2D eigenvalue weighted by Gasteiger charge is 2.17. The van der Waals surface area contributed by atoms with Crippen LogP contribution in [0, 0.1) is 5.82 Å². The number of halogens is 1. The van der Waals surface area contributed by atoms with E-state index >= 15 is 0 Å². The van der Waals surface area contributed by atoms with Crippen molar-refractivity contribution in [2.75, 3.05) is 0 Å². The van der Waals surface area contributed by atoms with Gasteiger partial charge in [-0.15, -0.1) is 0 Å². The van der Waals surface area contributed by atoms with Gasteiger partial charge in [-0.25, -0.2) is 14.4 Å². The van der Waals surface area contributed by atoms with E-state index in [1.807, 2.05) is 0 Å². The SMILES string of the molecule is NC(Cc1cnc[nH]1)c1nc(-c2ccc(F)cn2)no1. The molecule has 3 aromatic rings. The van der Waals surface area contributed by atoms with Crippen LogP contribution in [0.1, 0.15) is 17.6 Å². The van der Waals surface area contributed by atoms with Crippen molar-refractivity contribution in [1.29, 1.82) is 0 Å². The molecule has 3 N–H and O–H groups in total. The molecule has 8 heteroatoms. The van der Waals surface area contributed by atoms with Gasteiger partial charge in [0.15, 0.2) is 0 Å². The lowest BCUT2D eigenvalue weighted by molar-refractivity contribution is 0.354. The molecule has 0 radical (unpaired) electrons. The standard InChI is InChI=1S/C12H11FN6O/c13-7-1-2-10(16-4-7)11-18-12(20-19-11)9(14)3-8-5-15-6-17-8/h1-2,4-6,9H,3,14H2,(H,15,17). The molecule has 0 spiro atoms. The average molecular weight is 274 g/mol. The number of nitrogens with one attached hydrogen (secondary N) is 1. The van der Waals surface area contributed by atoms with E-state index in [1.165, 1.54) is 12.1 Å². The largest absolute Gasteiger partial charge is 0.348 e. The summed E-state index contributed by atoms with van der Waals surface area (Å²) in [5, 5.41) is 3.79. The Labute approximate surface area is 113 Å². The summed E-state index contributed by atoms with van der Waals surface area (Å²) in [6.45, 7) is 0. The molecule has 0 aromatic carbocycles. The Morgan fingerprint density at radius 3 is 2.95 bits per heavy atom. The predicted molar refractivity (Wildman–Crippen MR) is 66.7 cm³/mol. The lowest BCUT2D eigenvalue weighted by atomic mass is 10.2. The lowest BCUT2D eigenvalue weighted by Crippen LogP contribution is -2.14. The summed E-state index contributed by atoms with van der Waals surface area (Å²) in [6, 6.07) is 2.31. The van der Waals surface area contributed by atoms with Gasteiger partial charge < -0.3 is 15.2 Å². The van der Waals surface area contributed by atoms with Crippen molar-refractivity contribution in [1.82, 2.24) is 25.1 Å². The van der Waals surface area contributed by atoms with Crippen molar-refractivity contribution in [2.24, 2.45) is 5.73 Å². The Balaban J connectivity index is 1.77. The third-order valence-corrected chi connectivity index (χ3v) is 2.71. The Morgan fingerprint density at radius 1 is 1.35 bits per heavy atom. The van der Waals surface area contributed by atoms with Crippen LogP contribution < -0.4 is 5.73 Å². The molecule has 1 atom stereocenters. The molecule has 0 aliphatic heterocycles. The van der Waals surface area contributed by atoms with Crippen LogP contribution in [0.2, 0.25) is 0 Å². The van der Waals surface area contributed by atoms with Crippen molar-refractivity contribution < 1.29 is 8.91 Å². The quantitative estimate of drug-likeness (QED) is 0.741. The number of nitrogens with zero attached hydrogens (tertiary/aromatic N) is 4. The molecule has 7 nitrogen and oxygen atoms in total. The number of aromatic nitrogens is 5. The van der Waals surface area contributed by atoms with Crippen LogP contribution in [0.5, 0.6) is 0 Å². The molecule has 0 bridgehead atoms. The van der Waals surface area contributed by atoms with Crippen molar-refractivity contribution >= 4 is 0 Å². The van der Waals surface area contributed by atoms with E-state index in [-0.39, 0.29) is 5.82 Å². The van der Waals surface area contributed by atoms with Gasteiger partial charge in [-0.3, -0.25) is 0 Å². The second-order valence-corrected chi connectivity index (χ2v) is 4.21. The highest BCUT2D eigenvalue weighted by Crippen LogP contribution is 2.17. The minimum atomic E-state index is -0.447. The number of hydrogen-bond acceptors (Lipinski definition) is 6. The second-order valence-electron chi connectivity index (χ2n) is 4.21. The molecule has 3 aromatic heterocycles. The summed E-state index contributed by atoms with van der Waals surface area (Å²) in [5.74, 6) is 0.147. The summed E-state index contributed by atoms with van der Waals surface area (Å²) in [5.41, 5.74) is 7.28. The molecular formula is C12H11FN6O. The molecular weight excluding hydrogens is 263 g/mol. The van der Waals surface area contributed by atoms with Gasteiger partial charge in [0.1, 0.15) is 11.5 Å². The molecule has 0 saturated heterocycles. The van der Waals surface area contributed by atoms with Crippen LogP contribution in [0.4, 0.5) is 4.39 Å². The third kappa shape index (κ3) is 2.54. The summed E-state index contributed by atoms with van der Waals surface area (Å²) < 4.78 is 17.9. The number of imidazole rings is 1. The molecule has 20 heavy (non-hydrogen) atoms. The topological polar surface area (TPSA) is 107 Å². The maximum Gasteiger partial charge on any atom is 0.244 e. The lowest BCUT2D eigenvalue weighted by Gasteiger charge is -2.03. The van der Waals surface area contributed by atoms with Crippen LogP contribution in [-0.4, -0.2) is 25.1 Å². The Kier molecular flexibility index (Phi) is 3.21. The first kappa shape index (κ1) is 12.4. The molecule has 0 aliphatic rings. The smallest absolute Gasteiger partial charge is 0.244 e. The first-order valence-electron chi connectivity index (χ1n) is 5.91.